The normalized spacial score (nSPS) is 24.4. The smallest absolute Gasteiger partial charge is 0.378 e. The maximum absolute atomic E-state index is 12.6. The lowest BCUT2D eigenvalue weighted by Gasteiger charge is -2.61. The molecule has 2 aliphatic carbocycles. The van der Waals surface area contributed by atoms with Crippen molar-refractivity contribution in [1.29, 1.82) is 0 Å². The summed E-state index contributed by atoms with van der Waals surface area (Å²) >= 11 is 0.994. The van der Waals surface area contributed by atoms with Crippen LogP contribution in [0.3, 0.4) is 0 Å². The third kappa shape index (κ3) is 4.27. The number of halogens is 4. The highest BCUT2D eigenvalue weighted by Gasteiger charge is 2.59. The predicted molar refractivity (Wildman–Crippen MR) is 106 cm³/mol. The van der Waals surface area contributed by atoms with Crippen molar-refractivity contribution < 1.29 is 17.9 Å². The van der Waals surface area contributed by atoms with Crippen LogP contribution in [0.1, 0.15) is 43.3 Å². The van der Waals surface area contributed by atoms with E-state index in [4.69, 9.17) is 4.74 Å². The van der Waals surface area contributed by atoms with E-state index in [1.54, 1.807) is 7.05 Å². The zero-order chi connectivity index (χ0) is 18.1. The van der Waals surface area contributed by atoms with Gasteiger partial charge in [0.15, 0.2) is 11.7 Å². The van der Waals surface area contributed by atoms with Gasteiger partial charge in [0, 0.05) is 30.5 Å². The third-order valence-electron chi connectivity index (χ3n) is 5.22. The summed E-state index contributed by atoms with van der Waals surface area (Å²) in [5.74, 6) is 0.593. The van der Waals surface area contributed by atoms with Crippen LogP contribution < -0.4 is 10.6 Å². The first-order valence-corrected chi connectivity index (χ1v) is 9.37. The molecule has 2 unspecified atom stereocenters. The van der Waals surface area contributed by atoms with Gasteiger partial charge in [-0.1, -0.05) is 6.42 Å². The highest BCUT2D eigenvalue weighted by Crippen LogP contribution is 2.57. The van der Waals surface area contributed by atoms with Gasteiger partial charge in [0.2, 0.25) is 0 Å². The largest absolute Gasteiger partial charge is 0.434 e. The van der Waals surface area contributed by atoms with Crippen molar-refractivity contribution in [3.05, 3.63) is 16.1 Å². The van der Waals surface area contributed by atoms with Crippen LogP contribution in [0.2, 0.25) is 0 Å². The molecular formula is C16H24F3IN4OS. The standard InChI is InChI=1S/C16H23F3N4OS.HI/c1-3-24-12-7-10(15(12)5-4-6-15)23-14(20-2)21-8-13-22-11(9-25-13)16(17,18)19;/h9-10,12H,3-8H2,1-2H3,(H2,20,21,23);1H. The van der Waals surface area contributed by atoms with Crippen LogP contribution >= 0.6 is 35.3 Å². The molecule has 10 heteroatoms. The van der Waals surface area contributed by atoms with Crippen molar-refractivity contribution in [3.8, 4) is 0 Å². The maximum atomic E-state index is 12.6. The zero-order valence-electron chi connectivity index (χ0n) is 14.7. The van der Waals surface area contributed by atoms with Gasteiger partial charge in [0.05, 0.1) is 12.6 Å². The van der Waals surface area contributed by atoms with Gasteiger partial charge in [-0.15, -0.1) is 35.3 Å². The first kappa shape index (κ1) is 21.7. The van der Waals surface area contributed by atoms with E-state index in [1.807, 2.05) is 6.92 Å². The summed E-state index contributed by atoms with van der Waals surface area (Å²) in [5.41, 5.74) is -0.651. The number of thiazole rings is 1. The molecule has 2 saturated carbocycles. The molecule has 0 radical (unpaired) electrons. The van der Waals surface area contributed by atoms with E-state index in [9.17, 15) is 13.2 Å². The van der Waals surface area contributed by atoms with Crippen LogP contribution in [0.5, 0.6) is 0 Å². The number of guanidine groups is 1. The molecule has 0 bridgehead atoms. The second kappa shape index (κ2) is 8.59. The average molecular weight is 504 g/mol. The Bertz CT molecular complexity index is 633. The summed E-state index contributed by atoms with van der Waals surface area (Å²) in [4.78, 5) is 7.81. The van der Waals surface area contributed by atoms with E-state index in [-0.39, 0.29) is 35.9 Å². The van der Waals surface area contributed by atoms with Crippen LogP contribution in [0.25, 0.3) is 0 Å². The summed E-state index contributed by atoms with van der Waals surface area (Å²) in [6.07, 6.45) is 0.347. The van der Waals surface area contributed by atoms with Gasteiger partial charge in [0.1, 0.15) is 5.01 Å². The van der Waals surface area contributed by atoms with E-state index in [0.717, 1.165) is 42.6 Å². The first-order chi connectivity index (χ1) is 11.9. The minimum Gasteiger partial charge on any atom is -0.378 e. The van der Waals surface area contributed by atoms with Crippen molar-refractivity contribution in [1.82, 2.24) is 15.6 Å². The second-order valence-electron chi connectivity index (χ2n) is 6.51. The number of nitrogens with zero attached hydrogens (tertiary/aromatic N) is 2. The molecule has 0 saturated heterocycles. The Morgan fingerprint density at radius 3 is 2.69 bits per heavy atom. The summed E-state index contributed by atoms with van der Waals surface area (Å²) in [5, 5.41) is 7.89. The number of alkyl halides is 3. The first-order valence-electron chi connectivity index (χ1n) is 8.49. The number of aliphatic imine (C=N–C) groups is 1. The summed E-state index contributed by atoms with van der Waals surface area (Å²) in [6.45, 7) is 2.95. The average Bonchev–Trinajstić information content (AvgIpc) is 2.96. The molecule has 2 aliphatic rings. The van der Waals surface area contributed by atoms with Gasteiger partial charge >= 0.3 is 6.18 Å². The van der Waals surface area contributed by atoms with Crippen LogP contribution in [0, 0.1) is 5.41 Å². The van der Waals surface area contributed by atoms with Crippen molar-refractivity contribution in [2.45, 2.75) is 57.5 Å². The Kier molecular flexibility index (Phi) is 7.16. The number of ether oxygens (including phenoxy) is 1. The van der Waals surface area contributed by atoms with Crippen LogP contribution in [0.4, 0.5) is 13.2 Å². The molecule has 0 amide bonds. The molecule has 148 valence electrons. The van der Waals surface area contributed by atoms with Crippen molar-refractivity contribution in [2.24, 2.45) is 10.4 Å². The molecule has 1 aromatic heterocycles. The van der Waals surface area contributed by atoms with Crippen LogP contribution in [0.15, 0.2) is 10.4 Å². The van der Waals surface area contributed by atoms with Crippen molar-refractivity contribution >= 4 is 41.3 Å². The fraction of sp³-hybridized carbons (Fsp3) is 0.750. The molecule has 2 atom stereocenters. The summed E-state index contributed by atoms with van der Waals surface area (Å²) in [7, 11) is 1.66. The summed E-state index contributed by atoms with van der Waals surface area (Å²) < 4.78 is 43.6. The molecule has 1 aromatic rings. The number of nitrogens with one attached hydrogen (secondary N) is 2. The highest BCUT2D eigenvalue weighted by molar-refractivity contribution is 14.0. The molecule has 2 N–H and O–H groups in total. The van der Waals surface area contributed by atoms with Gasteiger partial charge in [-0.25, -0.2) is 4.98 Å². The molecular weight excluding hydrogens is 480 g/mol. The second-order valence-corrected chi connectivity index (χ2v) is 7.46. The molecule has 0 aromatic carbocycles. The van der Waals surface area contributed by atoms with Crippen LogP contribution in [-0.2, 0) is 17.5 Å². The summed E-state index contributed by atoms with van der Waals surface area (Å²) in [6, 6.07) is 0.297. The number of rotatable bonds is 5. The van der Waals surface area contributed by atoms with Gasteiger partial charge in [-0.2, -0.15) is 13.2 Å². The van der Waals surface area contributed by atoms with Gasteiger partial charge in [0.25, 0.3) is 0 Å². The van der Waals surface area contributed by atoms with Crippen LogP contribution in [-0.4, -0.2) is 36.7 Å². The Balaban J connectivity index is 0.00000243. The predicted octanol–water partition coefficient (Wildman–Crippen LogP) is 3.79. The highest BCUT2D eigenvalue weighted by atomic mass is 127. The van der Waals surface area contributed by atoms with E-state index in [2.05, 4.69) is 20.6 Å². The van der Waals surface area contributed by atoms with Gasteiger partial charge in [-0.05, 0) is 26.2 Å². The molecule has 1 heterocycles. The van der Waals surface area contributed by atoms with Crippen molar-refractivity contribution in [3.63, 3.8) is 0 Å². The fourth-order valence-corrected chi connectivity index (χ4v) is 4.42. The number of hydrogen-bond acceptors (Lipinski definition) is 4. The maximum Gasteiger partial charge on any atom is 0.434 e. The van der Waals surface area contributed by atoms with E-state index in [1.165, 1.54) is 6.42 Å². The molecule has 26 heavy (non-hydrogen) atoms. The Morgan fingerprint density at radius 2 is 2.19 bits per heavy atom. The zero-order valence-corrected chi connectivity index (χ0v) is 17.9. The number of hydrogen-bond donors (Lipinski definition) is 2. The SMILES string of the molecule is CCOC1CC(NC(=NC)NCc2nc(C(F)(F)F)cs2)C12CCC2.I. The quantitative estimate of drug-likeness (QED) is 0.364. The Morgan fingerprint density at radius 1 is 1.46 bits per heavy atom. The Labute approximate surface area is 172 Å². The van der Waals surface area contributed by atoms with Crippen molar-refractivity contribution in [2.75, 3.05) is 13.7 Å². The molecule has 3 rings (SSSR count). The van der Waals surface area contributed by atoms with Gasteiger partial charge in [-0.3, -0.25) is 4.99 Å². The van der Waals surface area contributed by atoms with E-state index in [0.29, 0.717) is 23.1 Å². The minimum atomic E-state index is -4.40. The lowest BCUT2D eigenvalue weighted by molar-refractivity contribution is -0.168. The topological polar surface area (TPSA) is 58.5 Å². The molecule has 2 fully saturated rings. The van der Waals surface area contributed by atoms with E-state index >= 15 is 0 Å². The third-order valence-corrected chi connectivity index (χ3v) is 6.07. The van der Waals surface area contributed by atoms with E-state index < -0.39 is 11.9 Å². The Hall–Kier alpha value is -0.620. The molecule has 5 nitrogen and oxygen atoms in total. The lowest BCUT2D eigenvalue weighted by Crippen LogP contribution is -2.68. The molecule has 1 spiro atoms. The lowest BCUT2D eigenvalue weighted by atomic mass is 9.51. The monoisotopic (exact) mass is 504 g/mol. The number of aromatic nitrogens is 1. The minimum absolute atomic E-state index is 0. The van der Waals surface area contributed by atoms with Gasteiger partial charge < -0.3 is 15.4 Å². The molecule has 0 aliphatic heterocycles. The fourth-order valence-electron chi connectivity index (χ4n) is 3.68.